The number of amides is 1. The third-order valence-electron chi connectivity index (χ3n) is 5.95. The first-order valence-corrected chi connectivity index (χ1v) is 10.2. The van der Waals surface area contributed by atoms with Crippen LogP contribution in [0.5, 0.6) is 0 Å². The highest BCUT2D eigenvalue weighted by Gasteiger charge is 2.36. The normalized spacial score (nSPS) is 21.1. The topological polar surface area (TPSA) is 65.5 Å². The maximum Gasteiger partial charge on any atom is 0.228 e. The standard InChI is InChI=1S/C20H23ClN6O/c1-13-23-17-12-27(11-16(17)19(24-13)25-6-2-7-25)20(28)14-4-8-26(10-14)15-3-5-22-18(21)9-15/h3,5,9,14H,2,4,6-8,10-12H2,1H3/t14-/m1/s1. The van der Waals surface area contributed by atoms with Crippen LogP contribution in [0, 0.1) is 12.8 Å². The van der Waals surface area contributed by atoms with Crippen LogP contribution in [0.2, 0.25) is 5.15 Å². The van der Waals surface area contributed by atoms with Crippen LogP contribution in [-0.2, 0) is 17.9 Å². The summed E-state index contributed by atoms with van der Waals surface area (Å²) in [5.74, 6) is 2.04. The van der Waals surface area contributed by atoms with Crippen LogP contribution >= 0.6 is 11.6 Å². The highest BCUT2D eigenvalue weighted by atomic mass is 35.5. The fraction of sp³-hybridized carbons (Fsp3) is 0.500. The predicted molar refractivity (Wildman–Crippen MR) is 107 cm³/mol. The number of nitrogens with zero attached hydrogens (tertiary/aromatic N) is 6. The van der Waals surface area contributed by atoms with Crippen LogP contribution in [0.1, 0.15) is 29.9 Å². The van der Waals surface area contributed by atoms with Gasteiger partial charge in [-0.05, 0) is 31.9 Å². The highest BCUT2D eigenvalue weighted by molar-refractivity contribution is 6.29. The maximum atomic E-state index is 13.2. The molecular weight excluding hydrogens is 376 g/mol. The fourth-order valence-corrected chi connectivity index (χ4v) is 4.51. The van der Waals surface area contributed by atoms with Crippen molar-refractivity contribution in [1.82, 2.24) is 19.9 Å². The molecule has 0 N–H and O–H groups in total. The monoisotopic (exact) mass is 398 g/mol. The Bertz CT molecular complexity index is 931. The minimum Gasteiger partial charge on any atom is -0.371 e. The van der Waals surface area contributed by atoms with Gasteiger partial charge in [0.1, 0.15) is 16.8 Å². The van der Waals surface area contributed by atoms with Crippen LogP contribution in [0.4, 0.5) is 11.5 Å². The van der Waals surface area contributed by atoms with Gasteiger partial charge >= 0.3 is 0 Å². The van der Waals surface area contributed by atoms with E-state index in [2.05, 4.69) is 24.8 Å². The molecule has 0 aromatic carbocycles. The minimum absolute atomic E-state index is 0.00256. The third kappa shape index (κ3) is 3.07. The molecule has 3 aliphatic heterocycles. The number of aromatic nitrogens is 3. The molecule has 1 atom stereocenters. The lowest BCUT2D eigenvalue weighted by atomic mass is 10.1. The number of anilines is 2. The second-order valence-electron chi connectivity index (χ2n) is 7.82. The van der Waals surface area contributed by atoms with Crippen molar-refractivity contribution in [2.45, 2.75) is 32.9 Å². The molecule has 8 heteroatoms. The van der Waals surface area contributed by atoms with Gasteiger partial charge in [-0.15, -0.1) is 0 Å². The highest BCUT2D eigenvalue weighted by Crippen LogP contribution is 2.34. The SMILES string of the molecule is Cc1nc2c(c(N3CCC3)n1)CN(C(=O)[C@@H]1CCN(c3ccnc(Cl)c3)C1)C2. The molecule has 0 saturated carbocycles. The predicted octanol–water partition coefficient (Wildman–Crippen LogP) is 2.41. The molecule has 0 spiro atoms. The molecule has 5 heterocycles. The van der Waals surface area contributed by atoms with Gasteiger partial charge in [-0.1, -0.05) is 11.6 Å². The molecule has 2 aromatic rings. The number of halogens is 1. The number of hydrogen-bond donors (Lipinski definition) is 0. The Morgan fingerprint density at radius 3 is 2.79 bits per heavy atom. The van der Waals surface area contributed by atoms with Crippen LogP contribution in [0.25, 0.3) is 0 Å². The van der Waals surface area contributed by atoms with Gasteiger partial charge in [0, 0.05) is 43.6 Å². The first-order valence-electron chi connectivity index (χ1n) is 9.85. The van der Waals surface area contributed by atoms with Crippen molar-refractivity contribution in [3.8, 4) is 0 Å². The average molecular weight is 399 g/mol. The van der Waals surface area contributed by atoms with Crippen LogP contribution < -0.4 is 9.80 Å². The van der Waals surface area contributed by atoms with E-state index in [1.54, 1.807) is 6.20 Å². The summed E-state index contributed by atoms with van der Waals surface area (Å²) in [7, 11) is 0. The first kappa shape index (κ1) is 17.7. The Balaban J connectivity index is 1.30. The number of carbonyl (C=O) groups excluding carboxylic acids is 1. The third-order valence-corrected chi connectivity index (χ3v) is 6.16. The van der Waals surface area contributed by atoms with Gasteiger partial charge in [-0.25, -0.2) is 15.0 Å². The van der Waals surface area contributed by atoms with Crippen molar-refractivity contribution in [2.75, 3.05) is 36.0 Å². The number of hydrogen-bond acceptors (Lipinski definition) is 6. The fourth-order valence-electron chi connectivity index (χ4n) is 4.35. The molecule has 2 saturated heterocycles. The Hall–Kier alpha value is -2.41. The second-order valence-corrected chi connectivity index (χ2v) is 8.21. The van der Waals surface area contributed by atoms with Gasteiger partial charge < -0.3 is 14.7 Å². The summed E-state index contributed by atoms with van der Waals surface area (Å²) in [6.07, 6.45) is 3.77. The summed E-state index contributed by atoms with van der Waals surface area (Å²) in [6, 6.07) is 3.81. The van der Waals surface area contributed by atoms with Crippen molar-refractivity contribution in [2.24, 2.45) is 5.92 Å². The van der Waals surface area contributed by atoms with E-state index in [9.17, 15) is 4.79 Å². The first-order chi connectivity index (χ1) is 13.6. The molecule has 5 rings (SSSR count). The van der Waals surface area contributed by atoms with E-state index in [-0.39, 0.29) is 11.8 Å². The number of pyridine rings is 1. The Labute approximate surface area is 169 Å². The molecule has 0 aliphatic carbocycles. The molecular formula is C20H23ClN6O. The average Bonchev–Trinajstić information content (AvgIpc) is 3.27. The zero-order valence-electron chi connectivity index (χ0n) is 15.9. The summed E-state index contributed by atoms with van der Waals surface area (Å²) >= 11 is 6.02. The summed E-state index contributed by atoms with van der Waals surface area (Å²) < 4.78 is 0. The zero-order valence-corrected chi connectivity index (χ0v) is 16.7. The van der Waals surface area contributed by atoms with Gasteiger partial charge in [0.25, 0.3) is 0 Å². The molecule has 2 aromatic heterocycles. The molecule has 28 heavy (non-hydrogen) atoms. The molecule has 0 radical (unpaired) electrons. The number of aryl methyl sites for hydroxylation is 1. The van der Waals surface area contributed by atoms with Crippen molar-refractivity contribution in [3.63, 3.8) is 0 Å². The lowest BCUT2D eigenvalue weighted by molar-refractivity contribution is -0.135. The van der Waals surface area contributed by atoms with Gasteiger partial charge in [0.2, 0.25) is 5.91 Å². The molecule has 7 nitrogen and oxygen atoms in total. The molecule has 146 valence electrons. The largest absolute Gasteiger partial charge is 0.371 e. The Morgan fingerprint density at radius 2 is 2.04 bits per heavy atom. The van der Waals surface area contributed by atoms with Crippen molar-refractivity contribution in [1.29, 1.82) is 0 Å². The van der Waals surface area contributed by atoms with E-state index in [1.807, 2.05) is 24.0 Å². The Morgan fingerprint density at radius 1 is 1.18 bits per heavy atom. The number of rotatable bonds is 3. The van der Waals surface area contributed by atoms with Gasteiger partial charge in [-0.3, -0.25) is 4.79 Å². The zero-order chi connectivity index (χ0) is 19.3. The van der Waals surface area contributed by atoms with Crippen molar-refractivity contribution >= 4 is 29.0 Å². The van der Waals surface area contributed by atoms with Gasteiger partial charge in [0.15, 0.2) is 0 Å². The molecule has 3 aliphatic rings. The van der Waals surface area contributed by atoms with Gasteiger partial charge in [-0.2, -0.15) is 0 Å². The summed E-state index contributed by atoms with van der Waals surface area (Å²) in [4.78, 5) is 33.0. The molecule has 0 unspecified atom stereocenters. The molecule has 1 amide bonds. The lowest BCUT2D eigenvalue weighted by Crippen LogP contribution is -2.39. The maximum absolute atomic E-state index is 13.2. The minimum atomic E-state index is 0.00256. The van der Waals surface area contributed by atoms with E-state index in [0.717, 1.165) is 61.2 Å². The lowest BCUT2D eigenvalue weighted by Gasteiger charge is -2.33. The van der Waals surface area contributed by atoms with Gasteiger partial charge in [0.05, 0.1) is 24.7 Å². The van der Waals surface area contributed by atoms with Crippen molar-refractivity contribution in [3.05, 3.63) is 40.6 Å². The Kier molecular flexibility index (Phi) is 4.34. The van der Waals surface area contributed by atoms with E-state index < -0.39 is 0 Å². The van der Waals surface area contributed by atoms with Crippen LogP contribution in [-0.4, -0.2) is 51.9 Å². The quantitative estimate of drug-likeness (QED) is 0.740. The van der Waals surface area contributed by atoms with Crippen LogP contribution in [0.15, 0.2) is 18.3 Å². The van der Waals surface area contributed by atoms with Crippen LogP contribution in [0.3, 0.4) is 0 Å². The van der Waals surface area contributed by atoms with E-state index in [4.69, 9.17) is 11.6 Å². The smallest absolute Gasteiger partial charge is 0.228 e. The molecule has 0 bridgehead atoms. The summed E-state index contributed by atoms with van der Waals surface area (Å²) in [5.41, 5.74) is 3.18. The van der Waals surface area contributed by atoms with E-state index >= 15 is 0 Å². The van der Waals surface area contributed by atoms with Crippen molar-refractivity contribution < 1.29 is 4.79 Å². The number of fused-ring (bicyclic) bond motifs is 1. The molecule has 2 fully saturated rings. The number of carbonyl (C=O) groups is 1. The second kappa shape index (κ2) is 6.88. The van der Waals surface area contributed by atoms with E-state index in [1.165, 1.54) is 6.42 Å². The summed E-state index contributed by atoms with van der Waals surface area (Å²) in [6.45, 7) is 6.81. The van der Waals surface area contributed by atoms with E-state index in [0.29, 0.717) is 18.2 Å². The summed E-state index contributed by atoms with van der Waals surface area (Å²) in [5, 5.41) is 0.481.